The molecule has 0 fully saturated rings. The van der Waals surface area contributed by atoms with Crippen LogP contribution in [0.2, 0.25) is 5.02 Å². The van der Waals surface area contributed by atoms with Crippen molar-refractivity contribution in [1.29, 1.82) is 0 Å². The molecule has 3 N–H and O–H groups in total. The molecule has 0 aliphatic carbocycles. The summed E-state index contributed by atoms with van der Waals surface area (Å²) in [7, 11) is 1.49. The largest absolute Gasteiger partial charge is 0.383 e. The SMILES string of the molecule is COCC(N)C(=O)NCCc1nc(-c2ccc(Cl)cc2)no1.Cl. The van der Waals surface area contributed by atoms with Gasteiger partial charge < -0.3 is 20.3 Å². The highest BCUT2D eigenvalue weighted by atomic mass is 35.5. The van der Waals surface area contributed by atoms with Crippen LogP contribution in [0.15, 0.2) is 28.8 Å². The maximum Gasteiger partial charge on any atom is 0.239 e. The zero-order valence-corrected chi connectivity index (χ0v) is 14.1. The van der Waals surface area contributed by atoms with Crippen molar-refractivity contribution in [2.45, 2.75) is 12.5 Å². The average Bonchev–Trinajstić information content (AvgIpc) is 2.97. The lowest BCUT2D eigenvalue weighted by atomic mass is 10.2. The van der Waals surface area contributed by atoms with E-state index in [-0.39, 0.29) is 24.9 Å². The van der Waals surface area contributed by atoms with Gasteiger partial charge in [-0.05, 0) is 24.3 Å². The minimum absolute atomic E-state index is 0. The number of benzene rings is 1. The standard InChI is InChI=1S/C14H17ClN4O3.ClH/c1-21-8-11(16)14(20)17-7-6-12-18-13(19-22-12)9-2-4-10(15)5-3-9;/h2-5,11H,6-8,16H2,1H3,(H,17,20);1H. The van der Waals surface area contributed by atoms with Gasteiger partial charge in [0.2, 0.25) is 17.6 Å². The summed E-state index contributed by atoms with van der Waals surface area (Å²) >= 11 is 5.83. The fourth-order valence-corrected chi connectivity index (χ4v) is 1.88. The summed E-state index contributed by atoms with van der Waals surface area (Å²) in [5.74, 6) is 0.638. The number of hydrogen-bond acceptors (Lipinski definition) is 6. The Morgan fingerprint density at radius 2 is 2.13 bits per heavy atom. The summed E-state index contributed by atoms with van der Waals surface area (Å²) in [4.78, 5) is 15.8. The van der Waals surface area contributed by atoms with E-state index in [0.717, 1.165) is 5.56 Å². The third-order valence-electron chi connectivity index (χ3n) is 2.89. The van der Waals surface area contributed by atoms with Gasteiger partial charge in [0.15, 0.2) is 0 Å². The summed E-state index contributed by atoms with van der Waals surface area (Å²) in [6.45, 7) is 0.533. The van der Waals surface area contributed by atoms with E-state index in [4.69, 9.17) is 26.6 Å². The number of methoxy groups -OCH3 is 1. The van der Waals surface area contributed by atoms with Crippen molar-refractivity contribution >= 4 is 29.9 Å². The van der Waals surface area contributed by atoms with Gasteiger partial charge in [-0.2, -0.15) is 4.98 Å². The van der Waals surface area contributed by atoms with Crippen LogP contribution in [0.25, 0.3) is 11.4 Å². The Balaban J connectivity index is 0.00000264. The Labute approximate surface area is 144 Å². The van der Waals surface area contributed by atoms with Crippen LogP contribution in [0.4, 0.5) is 0 Å². The Bertz CT molecular complexity index is 619. The molecular weight excluding hydrogens is 343 g/mol. The predicted octanol–water partition coefficient (Wildman–Crippen LogP) is 1.44. The van der Waals surface area contributed by atoms with Gasteiger partial charge in [-0.1, -0.05) is 16.8 Å². The number of hydrogen-bond donors (Lipinski definition) is 2. The third kappa shape index (κ3) is 5.80. The van der Waals surface area contributed by atoms with Crippen molar-refractivity contribution in [3.63, 3.8) is 0 Å². The van der Waals surface area contributed by atoms with Crippen molar-refractivity contribution in [2.75, 3.05) is 20.3 Å². The molecule has 0 aliphatic rings. The molecule has 2 aromatic rings. The van der Waals surface area contributed by atoms with Crippen molar-refractivity contribution in [2.24, 2.45) is 5.73 Å². The van der Waals surface area contributed by atoms with Crippen LogP contribution < -0.4 is 11.1 Å². The van der Waals surface area contributed by atoms with Gasteiger partial charge in [-0.3, -0.25) is 4.79 Å². The van der Waals surface area contributed by atoms with Crippen LogP contribution in [-0.2, 0) is 16.0 Å². The fraction of sp³-hybridized carbons (Fsp3) is 0.357. The van der Waals surface area contributed by atoms with Gasteiger partial charge >= 0.3 is 0 Å². The Kier molecular flexibility index (Phi) is 7.97. The van der Waals surface area contributed by atoms with Crippen molar-refractivity contribution in [3.8, 4) is 11.4 Å². The predicted molar refractivity (Wildman–Crippen MR) is 88.6 cm³/mol. The lowest BCUT2D eigenvalue weighted by Gasteiger charge is -2.09. The highest BCUT2D eigenvalue weighted by Crippen LogP contribution is 2.18. The van der Waals surface area contributed by atoms with Crippen molar-refractivity contribution < 1.29 is 14.1 Å². The molecule has 0 bridgehead atoms. The van der Waals surface area contributed by atoms with E-state index in [1.165, 1.54) is 7.11 Å². The molecule has 0 radical (unpaired) electrons. The normalized spacial score (nSPS) is 11.6. The summed E-state index contributed by atoms with van der Waals surface area (Å²) < 4.78 is 9.95. The topological polar surface area (TPSA) is 103 Å². The molecule has 0 spiro atoms. The van der Waals surface area contributed by atoms with E-state index in [0.29, 0.717) is 29.7 Å². The first-order chi connectivity index (χ1) is 10.6. The second-order valence-electron chi connectivity index (χ2n) is 4.62. The molecular formula is C14H18Cl2N4O3. The number of carbonyl (C=O) groups is 1. The minimum Gasteiger partial charge on any atom is -0.383 e. The highest BCUT2D eigenvalue weighted by molar-refractivity contribution is 6.30. The van der Waals surface area contributed by atoms with Gasteiger partial charge in [0.05, 0.1) is 6.61 Å². The van der Waals surface area contributed by atoms with E-state index in [1.54, 1.807) is 12.1 Å². The maximum atomic E-state index is 11.6. The molecule has 0 saturated heterocycles. The molecule has 1 aromatic carbocycles. The van der Waals surface area contributed by atoms with Crippen LogP contribution in [0.3, 0.4) is 0 Å². The molecule has 0 aliphatic heterocycles. The Morgan fingerprint density at radius 3 is 2.78 bits per heavy atom. The summed E-state index contributed by atoms with van der Waals surface area (Å²) in [5, 5.41) is 7.22. The maximum absolute atomic E-state index is 11.6. The van der Waals surface area contributed by atoms with Crippen molar-refractivity contribution in [3.05, 3.63) is 35.2 Å². The fourth-order valence-electron chi connectivity index (χ4n) is 1.75. The van der Waals surface area contributed by atoms with Crippen LogP contribution in [0.5, 0.6) is 0 Å². The number of carbonyl (C=O) groups excluding carboxylic acids is 1. The number of rotatable bonds is 7. The molecule has 126 valence electrons. The smallest absolute Gasteiger partial charge is 0.239 e. The van der Waals surface area contributed by atoms with E-state index in [1.807, 2.05) is 12.1 Å². The molecule has 0 saturated carbocycles. The Hall–Kier alpha value is -1.67. The first-order valence-corrected chi connectivity index (χ1v) is 7.08. The number of nitrogens with one attached hydrogen (secondary N) is 1. The van der Waals surface area contributed by atoms with E-state index in [2.05, 4.69) is 15.5 Å². The number of halogens is 2. The molecule has 1 aromatic heterocycles. The zero-order valence-electron chi connectivity index (χ0n) is 12.5. The van der Waals surface area contributed by atoms with Crippen LogP contribution in [0, 0.1) is 0 Å². The summed E-state index contributed by atoms with van der Waals surface area (Å²) in [6.07, 6.45) is 0.423. The molecule has 9 heteroatoms. The lowest BCUT2D eigenvalue weighted by molar-refractivity contribution is -0.123. The molecule has 1 unspecified atom stereocenters. The van der Waals surface area contributed by atoms with Crippen LogP contribution in [0.1, 0.15) is 5.89 Å². The monoisotopic (exact) mass is 360 g/mol. The number of nitrogens with two attached hydrogens (primary N) is 1. The summed E-state index contributed by atoms with van der Waals surface area (Å²) in [5.41, 5.74) is 6.41. The number of nitrogens with zero attached hydrogens (tertiary/aromatic N) is 2. The van der Waals surface area contributed by atoms with E-state index in [9.17, 15) is 4.79 Å². The number of aromatic nitrogens is 2. The first-order valence-electron chi connectivity index (χ1n) is 6.71. The molecule has 2 rings (SSSR count). The van der Waals surface area contributed by atoms with Crippen LogP contribution >= 0.6 is 24.0 Å². The highest BCUT2D eigenvalue weighted by Gasteiger charge is 2.13. The van der Waals surface area contributed by atoms with Gasteiger partial charge in [-0.25, -0.2) is 0 Å². The molecule has 7 nitrogen and oxygen atoms in total. The summed E-state index contributed by atoms with van der Waals surface area (Å²) in [6, 6.07) is 6.44. The molecule has 1 atom stereocenters. The van der Waals surface area contributed by atoms with Gasteiger partial charge in [0.25, 0.3) is 0 Å². The first kappa shape index (κ1) is 19.4. The average molecular weight is 361 g/mol. The van der Waals surface area contributed by atoms with E-state index < -0.39 is 6.04 Å². The zero-order chi connectivity index (χ0) is 15.9. The van der Waals surface area contributed by atoms with E-state index >= 15 is 0 Å². The van der Waals surface area contributed by atoms with Crippen LogP contribution in [-0.4, -0.2) is 42.4 Å². The molecule has 1 heterocycles. The second-order valence-corrected chi connectivity index (χ2v) is 5.06. The minimum atomic E-state index is -0.683. The lowest BCUT2D eigenvalue weighted by Crippen LogP contribution is -2.44. The van der Waals surface area contributed by atoms with Gasteiger partial charge in [0, 0.05) is 30.7 Å². The quantitative estimate of drug-likeness (QED) is 0.774. The number of ether oxygens (including phenoxy) is 1. The Morgan fingerprint density at radius 1 is 1.43 bits per heavy atom. The third-order valence-corrected chi connectivity index (χ3v) is 3.14. The molecule has 23 heavy (non-hydrogen) atoms. The second kappa shape index (κ2) is 9.46. The van der Waals surface area contributed by atoms with Crippen molar-refractivity contribution in [1.82, 2.24) is 15.5 Å². The van der Waals surface area contributed by atoms with Gasteiger partial charge in [-0.15, -0.1) is 12.4 Å². The van der Waals surface area contributed by atoms with Gasteiger partial charge in [0.1, 0.15) is 6.04 Å². The molecule has 1 amide bonds. The number of amides is 1.